The van der Waals surface area contributed by atoms with E-state index in [1.807, 2.05) is 0 Å². The van der Waals surface area contributed by atoms with Crippen LogP contribution in [0.15, 0.2) is 16.2 Å². The number of nitrogens with one attached hydrogen (secondary N) is 1. The molecule has 0 saturated heterocycles. The van der Waals surface area contributed by atoms with Crippen LogP contribution in [0.4, 0.5) is 0 Å². The van der Waals surface area contributed by atoms with Crippen LogP contribution in [0.5, 0.6) is 0 Å². The van der Waals surface area contributed by atoms with Crippen LogP contribution in [0.1, 0.15) is 47.3 Å². The molecule has 2 aromatic heterocycles. The zero-order valence-electron chi connectivity index (χ0n) is 13.9. The second-order valence-electron chi connectivity index (χ2n) is 6.05. The molecular formula is C16H19N5O3S. The standard InChI is InChI=1S/C16H19N5O3S/c1-9-12-15(25-13(9)14(17)23)18-8-21(16(12)24)7-11(22)20-19-10-5-3-2-4-6-10/h8H,2-7H2,1H3,(H2,17,23)(H,20,22). The Bertz CT molecular complexity index is 920. The summed E-state index contributed by atoms with van der Waals surface area (Å²) >= 11 is 1.08. The zero-order valence-corrected chi connectivity index (χ0v) is 14.7. The first-order valence-corrected chi connectivity index (χ1v) is 8.91. The SMILES string of the molecule is Cc1c(C(N)=O)sc2ncn(CC(=O)NN=C3CCCCC3)c(=O)c12. The normalized spacial score (nSPS) is 14.5. The third kappa shape index (κ3) is 3.60. The molecule has 0 aromatic carbocycles. The predicted octanol–water partition coefficient (Wildman–Crippen LogP) is 1.30. The molecule has 2 amide bonds. The number of rotatable bonds is 4. The number of aryl methyl sites for hydroxylation is 1. The number of fused-ring (bicyclic) bond motifs is 1. The summed E-state index contributed by atoms with van der Waals surface area (Å²) in [5.74, 6) is -0.975. The van der Waals surface area contributed by atoms with Crippen molar-refractivity contribution in [1.29, 1.82) is 0 Å². The number of hydrogen-bond donors (Lipinski definition) is 2. The van der Waals surface area contributed by atoms with Gasteiger partial charge in [-0.25, -0.2) is 10.4 Å². The molecule has 9 heteroatoms. The zero-order chi connectivity index (χ0) is 18.0. The van der Waals surface area contributed by atoms with Gasteiger partial charge in [0.15, 0.2) is 0 Å². The fraction of sp³-hybridized carbons (Fsp3) is 0.438. The third-order valence-corrected chi connectivity index (χ3v) is 5.44. The van der Waals surface area contributed by atoms with Crippen LogP contribution in [-0.4, -0.2) is 27.1 Å². The molecule has 132 valence electrons. The molecule has 3 rings (SSSR count). The van der Waals surface area contributed by atoms with Crippen molar-refractivity contribution in [2.75, 3.05) is 0 Å². The monoisotopic (exact) mass is 361 g/mol. The maximum Gasteiger partial charge on any atom is 0.262 e. The van der Waals surface area contributed by atoms with Crippen molar-refractivity contribution >= 4 is 39.1 Å². The van der Waals surface area contributed by atoms with E-state index < -0.39 is 5.91 Å². The highest BCUT2D eigenvalue weighted by molar-refractivity contribution is 7.20. The van der Waals surface area contributed by atoms with Crippen molar-refractivity contribution in [3.63, 3.8) is 0 Å². The minimum atomic E-state index is -0.590. The van der Waals surface area contributed by atoms with Crippen LogP contribution < -0.4 is 16.7 Å². The summed E-state index contributed by atoms with van der Waals surface area (Å²) in [7, 11) is 0. The molecule has 0 spiro atoms. The van der Waals surface area contributed by atoms with E-state index in [1.54, 1.807) is 6.92 Å². The molecule has 0 unspecified atom stereocenters. The Morgan fingerprint density at radius 1 is 1.36 bits per heavy atom. The molecule has 2 heterocycles. The van der Waals surface area contributed by atoms with Crippen molar-refractivity contribution in [1.82, 2.24) is 15.0 Å². The van der Waals surface area contributed by atoms with Crippen molar-refractivity contribution in [3.8, 4) is 0 Å². The predicted molar refractivity (Wildman–Crippen MR) is 95.8 cm³/mol. The lowest BCUT2D eigenvalue weighted by molar-refractivity contribution is -0.121. The van der Waals surface area contributed by atoms with Gasteiger partial charge in [0.25, 0.3) is 17.4 Å². The Morgan fingerprint density at radius 3 is 2.76 bits per heavy atom. The maximum atomic E-state index is 12.6. The van der Waals surface area contributed by atoms with E-state index in [9.17, 15) is 14.4 Å². The Balaban J connectivity index is 1.80. The van der Waals surface area contributed by atoms with Gasteiger partial charge in [-0.3, -0.25) is 19.0 Å². The summed E-state index contributed by atoms with van der Waals surface area (Å²) < 4.78 is 1.21. The van der Waals surface area contributed by atoms with Crippen molar-refractivity contribution in [3.05, 3.63) is 27.1 Å². The first-order chi connectivity index (χ1) is 12.0. The summed E-state index contributed by atoms with van der Waals surface area (Å²) in [5, 5.41) is 4.46. The number of carbonyl (C=O) groups is 2. The highest BCUT2D eigenvalue weighted by atomic mass is 32.1. The van der Waals surface area contributed by atoms with Crippen LogP contribution in [0, 0.1) is 6.92 Å². The van der Waals surface area contributed by atoms with E-state index in [2.05, 4.69) is 15.5 Å². The number of nitrogens with two attached hydrogens (primary N) is 1. The molecular weight excluding hydrogens is 342 g/mol. The number of hydrazone groups is 1. The number of amides is 2. The van der Waals surface area contributed by atoms with Crippen molar-refractivity contribution < 1.29 is 9.59 Å². The fourth-order valence-electron chi connectivity index (χ4n) is 2.91. The lowest BCUT2D eigenvalue weighted by Gasteiger charge is -2.12. The topological polar surface area (TPSA) is 119 Å². The van der Waals surface area contributed by atoms with Gasteiger partial charge in [0, 0.05) is 5.71 Å². The fourth-order valence-corrected chi connectivity index (χ4v) is 3.90. The summed E-state index contributed by atoms with van der Waals surface area (Å²) in [4.78, 5) is 41.0. The number of carbonyl (C=O) groups excluding carboxylic acids is 2. The molecule has 0 bridgehead atoms. The molecule has 1 aliphatic carbocycles. The molecule has 8 nitrogen and oxygen atoms in total. The van der Waals surface area contributed by atoms with E-state index in [0.717, 1.165) is 42.7 Å². The van der Waals surface area contributed by atoms with Gasteiger partial charge in [-0.1, -0.05) is 6.42 Å². The van der Waals surface area contributed by atoms with Crippen LogP contribution in [0.2, 0.25) is 0 Å². The second kappa shape index (κ2) is 7.14. The Morgan fingerprint density at radius 2 is 2.08 bits per heavy atom. The van der Waals surface area contributed by atoms with Gasteiger partial charge < -0.3 is 5.73 Å². The van der Waals surface area contributed by atoms with Gasteiger partial charge in [-0.2, -0.15) is 5.10 Å². The smallest absolute Gasteiger partial charge is 0.262 e. The van der Waals surface area contributed by atoms with E-state index in [1.165, 1.54) is 17.3 Å². The van der Waals surface area contributed by atoms with E-state index in [0.29, 0.717) is 20.7 Å². The number of thiophene rings is 1. The molecule has 25 heavy (non-hydrogen) atoms. The molecule has 2 aromatic rings. The van der Waals surface area contributed by atoms with E-state index in [-0.39, 0.29) is 18.0 Å². The Hall–Kier alpha value is -2.55. The molecule has 1 saturated carbocycles. The molecule has 0 radical (unpaired) electrons. The van der Waals surface area contributed by atoms with Gasteiger partial charge in [-0.05, 0) is 38.2 Å². The summed E-state index contributed by atoms with van der Waals surface area (Å²) in [6.45, 7) is 1.47. The minimum Gasteiger partial charge on any atom is -0.365 e. The first kappa shape index (κ1) is 17.3. The summed E-state index contributed by atoms with van der Waals surface area (Å²) in [6, 6.07) is 0. The van der Waals surface area contributed by atoms with Gasteiger partial charge in [0.1, 0.15) is 11.4 Å². The van der Waals surface area contributed by atoms with Gasteiger partial charge in [0.05, 0.1) is 16.6 Å². The quantitative estimate of drug-likeness (QED) is 0.798. The minimum absolute atomic E-state index is 0.181. The van der Waals surface area contributed by atoms with Gasteiger partial charge in [-0.15, -0.1) is 11.3 Å². The second-order valence-corrected chi connectivity index (χ2v) is 7.05. The molecule has 1 aliphatic rings. The first-order valence-electron chi connectivity index (χ1n) is 8.10. The summed E-state index contributed by atoms with van der Waals surface area (Å²) in [5.41, 5.74) is 8.94. The lowest BCUT2D eigenvalue weighted by atomic mass is 9.99. The molecule has 1 fully saturated rings. The van der Waals surface area contributed by atoms with Gasteiger partial charge in [0.2, 0.25) is 0 Å². The average Bonchev–Trinajstić information content (AvgIpc) is 2.94. The highest BCUT2D eigenvalue weighted by Gasteiger charge is 2.18. The number of aromatic nitrogens is 2. The number of primary amides is 1. The summed E-state index contributed by atoms with van der Waals surface area (Å²) in [6.07, 6.45) is 6.48. The van der Waals surface area contributed by atoms with E-state index >= 15 is 0 Å². The third-order valence-electron chi connectivity index (χ3n) is 4.22. The molecule has 0 atom stereocenters. The average molecular weight is 361 g/mol. The number of nitrogens with zero attached hydrogens (tertiary/aromatic N) is 3. The van der Waals surface area contributed by atoms with Crippen molar-refractivity contribution in [2.45, 2.75) is 45.6 Å². The molecule has 0 aliphatic heterocycles. The lowest BCUT2D eigenvalue weighted by Crippen LogP contribution is -2.30. The van der Waals surface area contributed by atoms with Gasteiger partial charge >= 0.3 is 0 Å². The van der Waals surface area contributed by atoms with Crippen molar-refractivity contribution in [2.24, 2.45) is 10.8 Å². The van der Waals surface area contributed by atoms with Crippen LogP contribution in [0.3, 0.4) is 0 Å². The van der Waals surface area contributed by atoms with Crippen LogP contribution >= 0.6 is 11.3 Å². The van der Waals surface area contributed by atoms with Crippen LogP contribution in [-0.2, 0) is 11.3 Å². The number of hydrogen-bond acceptors (Lipinski definition) is 6. The highest BCUT2D eigenvalue weighted by Crippen LogP contribution is 2.26. The van der Waals surface area contributed by atoms with E-state index in [4.69, 9.17) is 5.73 Å². The maximum absolute atomic E-state index is 12.6. The Kier molecular flexibility index (Phi) is 4.93. The van der Waals surface area contributed by atoms with Crippen LogP contribution in [0.25, 0.3) is 10.2 Å². The molecule has 3 N–H and O–H groups in total. The Labute approximate surface area is 147 Å². The largest absolute Gasteiger partial charge is 0.365 e.